The van der Waals surface area contributed by atoms with Crippen LogP contribution in [0.15, 0.2) is 54.6 Å². The van der Waals surface area contributed by atoms with E-state index in [-0.39, 0.29) is 12.2 Å². The number of hydrogen-bond donors (Lipinski definition) is 1. The molecule has 1 aromatic carbocycles. The van der Waals surface area contributed by atoms with Crippen LogP contribution in [0.4, 0.5) is 0 Å². The summed E-state index contributed by atoms with van der Waals surface area (Å²) in [4.78, 5) is 22.1. The number of hydrogen-bond acceptors (Lipinski definition) is 2. The molecule has 1 N–H and O–H groups in total. The van der Waals surface area contributed by atoms with Crippen LogP contribution < -0.4 is 0 Å². The zero-order valence-corrected chi connectivity index (χ0v) is 14.3. The summed E-state index contributed by atoms with van der Waals surface area (Å²) in [5.41, 5.74) is 1.19. The van der Waals surface area contributed by atoms with Gasteiger partial charge in [-0.1, -0.05) is 67.8 Å². The van der Waals surface area contributed by atoms with Crippen molar-refractivity contribution in [3.63, 3.8) is 0 Å². The minimum atomic E-state index is -0.706. The molecule has 0 aromatic heterocycles. The van der Waals surface area contributed by atoms with E-state index >= 15 is 0 Å². The van der Waals surface area contributed by atoms with Crippen molar-refractivity contribution in [2.24, 2.45) is 0 Å². The van der Waals surface area contributed by atoms with E-state index in [2.05, 4.69) is 6.08 Å². The van der Waals surface area contributed by atoms with Crippen molar-refractivity contribution in [1.82, 2.24) is 0 Å². The maximum atomic E-state index is 11.7. The highest BCUT2D eigenvalue weighted by molar-refractivity contribution is 5.89. The zero-order chi connectivity index (χ0) is 17.5. The lowest BCUT2D eigenvalue weighted by atomic mass is 10.1. The smallest absolute Gasteiger partial charge is 0.303 e. The molecule has 1 rings (SSSR count). The Morgan fingerprint density at radius 2 is 1.58 bits per heavy atom. The Morgan fingerprint density at radius 3 is 2.33 bits per heavy atom. The largest absolute Gasteiger partial charge is 0.481 e. The van der Waals surface area contributed by atoms with Gasteiger partial charge >= 0.3 is 5.97 Å². The number of aliphatic carboxylic acids is 1. The van der Waals surface area contributed by atoms with E-state index in [0.29, 0.717) is 6.42 Å². The number of carboxylic acid groups (broad SMARTS) is 1. The van der Waals surface area contributed by atoms with Gasteiger partial charge in [0.05, 0.1) is 0 Å². The Labute approximate surface area is 145 Å². The highest BCUT2D eigenvalue weighted by Crippen LogP contribution is 2.07. The van der Waals surface area contributed by atoms with Crippen molar-refractivity contribution in [1.29, 1.82) is 0 Å². The molecule has 3 heteroatoms. The summed E-state index contributed by atoms with van der Waals surface area (Å²) in [6.07, 6.45) is 15.2. The highest BCUT2D eigenvalue weighted by Gasteiger charge is 1.97. The van der Waals surface area contributed by atoms with Crippen LogP contribution in [-0.2, 0) is 16.0 Å². The number of carbonyl (C=O) groups is 2. The number of aryl methyl sites for hydroxylation is 1. The fraction of sp³-hybridized carbons (Fsp3) is 0.429. The van der Waals surface area contributed by atoms with Gasteiger partial charge in [-0.05, 0) is 37.3 Å². The van der Waals surface area contributed by atoms with Gasteiger partial charge in [-0.3, -0.25) is 9.59 Å². The number of ketones is 1. The molecule has 0 fully saturated rings. The first kappa shape index (κ1) is 19.9. The van der Waals surface area contributed by atoms with E-state index in [0.717, 1.165) is 44.9 Å². The molecule has 0 atom stereocenters. The van der Waals surface area contributed by atoms with Crippen molar-refractivity contribution in [3.8, 4) is 0 Å². The SMILES string of the molecule is O=C(O)CCCCCCCC=CC=CC(=O)CCc1ccccc1. The molecule has 0 radical (unpaired) electrons. The van der Waals surface area contributed by atoms with Crippen LogP contribution in [0.5, 0.6) is 0 Å². The third-order valence-corrected chi connectivity index (χ3v) is 3.79. The van der Waals surface area contributed by atoms with E-state index in [1.54, 1.807) is 6.08 Å². The summed E-state index contributed by atoms with van der Waals surface area (Å²) in [6.45, 7) is 0. The first-order chi connectivity index (χ1) is 11.7. The zero-order valence-electron chi connectivity index (χ0n) is 14.3. The molecule has 0 aliphatic rings. The first-order valence-corrected chi connectivity index (χ1v) is 8.80. The van der Waals surface area contributed by atoms with Gasteiger partial charge in [-0.2, -0.15) is 0 Å². The van der Waals surface area contributed by atoms with E-state index in [4.69, 9.17) is 5.11 Å². The third-order valence-electron chi connectivity index (χ3n) is 3.79. The predicted molar refractivity (Wildman–Crippen MR) is 98.0 cm³/mol. The maximum absolute atomic E-state index is 11.7. The summed E-state index contributed by atoms with van der Waals surface area (Å²) in [5.74, 6) is -0.551. The molecule has 0 aliphatic carbocycles. The van der Waals surface area contributed by atoms with E-state index < -0.39 is 5.97 Å². The Morgan fingerprint density at radius 1 is 0.875 bits per heavy atom. The number of allylic oxidation sites excluding steroid dienone is 4. The lowest BCUT2D eigenvalue weighted by Gasteiger charge is -1.98. The lowest BCUT2D eigenvalue weighted by Crippen LogP contribution is -1.95. The molecule has 0 saturated heterocycles. The van der Waals surface area contributed by atoms with Gasteiger partial charge in [0.25, 0.3) is 0 Å². The van der Waals surface area contributed by atoms with E-state index in [1.165, 1.54) is 5.56 Å². The molecule has 0 heterocycles. The normalized spacial score (nSPS) is 11.3. The monoisotopic (exact) mass is 328 g/mol. The molecule has 0 spiro atoms. The van der Waals surface area contributed by atoms with Gasteiger partial charge < -0.3 is 5.11 Å². The Bertz CT molecular complexity index is 529. The van der Waals surface area contributed by atoms with Crippen LogP contribution in [0.2, 0.25) is 0 Å². The van der Waals surface area contributed by atoms with Crippen molar-refractivity contribution in [2.45, 2.75) is 57.8 Å². The summed E-state index contributed by atoms with van der Waals surface area (Å²) in [5, 5.41) is 8.53. The van der Waals surface area contributed by atoms with Crippen LogP contribution in [0, 0.1) is 0 Å². The van der Waals surface area contributed by atoms with Crippen LogP contribution >= 0.6 is 0 Å². The van der Waals surface area contributed by atoms with Gasteiger partial charge in [0.15, 0.2) is 5.78 Å². The molecule has 3 nitrogen and oxygen atoms in total. The molecular formula is C21H28O3. The van der Waals surface area contributed by atoms with Crippen LogP contribution in [0.25, 0.3) is 0 Å². The Balaban J connectivity index is 2.00. The molecular weight excluding hydrogens is 300 g/mol. The molecule has 0 aliphatic heterocycles. The number of carboxylic acids is 1. The summed E-state index contributed by atoms with van der Waals surface area (Å²) < 4.78 is 0. The van der Waals surface area contributed by atoms with Crippen LogP contribution in [0.1, 0.15) is 56.9 Å². The Hall–Kier alpha value is -2.16. The number of carbonyl (C=O) groups excluding carboxylic acids is 1. The number of unbranched alkanes of at least 4 members (excludes halogenated alkanes) is 5. The van der Waals surface area contributed by atoms with Crippen molar-refractivity contribution in [2.75, 3.05) is 0 Å². The highest BCUT2D eigenvalue weighted by atomic mass is 16.4. The minimum absolute atomic E-state index is 0.155. The quantitative estimate of drug-likeness (QED) is 0.311. The van der Waals surface area contributed by atoms with Crippen molar-refractivity contribution >= 4 is 11.8 Å². The molecule has 24 heavy (non-hydrogen) atoms. The fourth-order valence-corrected chi connectivity index (χ4v) is 2.40. The third kappa shape index (κ3) is 11.4. The number of benzene rings is 1. The minimum Gasteiger partial charge on any atom is -0.481 e. The van der Waals surface area contributed by atoms with Crippen LogP contribution in [-0.4, -0.2) is 16.9 Å². The summed E-state index contributed by atoms with van der Waals surface area (Å²) in [6, 6.07) is 10.0. The predicted octanol–water partition coefficient (Wildman–Crippen LogP) is 5.12. The molecule has 0 bridgehead atoms. The van der Waals surface area contributed by atoms with E-state index in [9.17, 15) is 9.59 Å². The van der Waals surface area contributed by atoms with Gasteiger partial charge in [0.2, 0.25) is 0 Å². The van der Waals surface area contributed by atoms with Gasteiger partial charge in [-0.25, -0.2) is 0 Å². The topological polar surface area (TPSA) is 54.4 Å². The van der Waals surface area contributed by atoms with Gasteiger partial charge in [0.1, 0.15) is 0 Å². The summed E-state index contributed by atoms with van der Waals surface area (Å²) >= 11 is 0. The van der Waals surface area contributed by atoms with Crippen molar-refractivity contribution < 1.29 is 14.7 Å². The Kier molecular flexibility index (Phi) is 11.0. The summed E-state index contributed by atoms with van der Waals surface area (Å²) in [7, 11) is 0. The molecule has 130 valence electrons. The van der Waals surface area contributed by atoms with Crippen LogP contribution in [0.3, 0.4) is 0 Å². The average Bonchev–Trinajstić information content (AvgIpc) is 2.58. The molecule has 1 aromatic rings. The van der Waals surface area contributed by atoms with Crippen molar-refractivity contribution in [3.05, 3.63) is 60.2 Å². The number of rotatable bonds is 13. The molecule has 0 saturated carbocycles. The van der Waals surface area contributed by atoms with E-state index in [1.807, 2.05) is 42.5 Å². The van der Waals surface area contributed by atoms with Gasteiger partial charge in [0, 0.05) is 12.8 Å². The fourth-order valence-electron chi connectivity index (χ4n) is 2.40. The lowest BCUT2D eigenvalue weighted by molar-refractivity contribution is -0.137. The first-order valence-electron chi connectivity index (χ1n) is 8.80. The maximum Gasteiger partial charge on any atom is 0.303 e. The standard InChI is InChI=1S/C21H28O3/c22-20(18-17-19-13-9-8-10-14-19)15-11-6-4-2-1-3-5-7-12-16-21(23)24/h4,6,8-11,13-15H,1-3,5,7,12,16-18H2,(H,23,24). The second-order valence-electron chi connectivity index (χ2n) is 5.94. The van der Waals surface area contributed by atoms with Gasteiger partial charge in [-0.15, -0.1) is 0 Å². The second-order valence-corrected chi connectivity index (χ2v) is 5.94. The average molecular weight is 328 g/mol. The molecule has 0 unspecified atom stereocenters. The second kappa shape index (κ2) is 13.3. The molecule has 0 amide bonds.